The number of azide groups is 1. The van der Waals surface area contributed by atoms with Gasteiger partial charge < -0.3 is 9.64 Å². The Morgan fingerprint density at radius 1 is 1.42 bits per heavy atom. The maximum Gasteiger partial charge on any atom is 0.125 e. The van der Waals surface area contributed by atoms with E-state index in [2.05, 4.69) is 14.9 Å². The van der Waals surface area contributed by atoms with Gasteiger partial charge in [-0.2, -0.15) is 0 Å². The Labute approximate surface area is 71.9 Å². The van der Waals surface area contributed by atoms with Crippen molar-refractivity contribution in [2.45, 2.75) is 12.8 Å². The highest BCUT2D eigenvalue weighted by molar-refractivity contribution is 4.64. The molecule has 0 aromatic carbocycles. The summed E-state index contributed by atoms with van der Waals surface area (Å²) >= 11 is 0. The Kier molecular flexibility index (Phi) is 4.52. The smallest absolute Gasteiger partial charge is 0.125 e. The highest BCUT2D eigenvalue weighted by atomic mass is 16.5. The van der Waals surface area contributed by atoms with Gasteiger partial charge in [0.05, 0.1) is 6.61 Å². The van der Waals surface area contributed by atoms with E-state index in [0.29, 0.717) is 6.61 Å². The van der Waals surface area contributed by atoms with Crippen molar-refractivity contribution in [2.24, 2.45) is 5.11 Å². The van der Waals surface area contributed by atoms with Crippen molar-refractivity contribution >= 4 is 0 Å². The predicted molar refractivity (Wildman–Crippen MR) is 45.6 cm³/mol. The average Bonchev–Trinajstić information content (AvgIpc) is 2.57. The third kappa shape index (κ3) is 3.57. The summed E-state index contributed by atoms with van der Waals surface area (Å²) in [4.78, 5) is 4.95. The summed E-state index contributed by atoms with van der Waals surface area (Å²) in [7, 11) is 0. The van der Waals surface area contributed by atoms with Crippen LogP contribution >= 0.6 is 0 Å². The van der Waals surface area contributed by atoms with Crippen molar-refractivity contribution in [1.82, 2.24) is 4.90 Å². The molecule has 5 heteroatoms. The van der Waals surface area contributed by atoms with Crippen molar-refractivity contribution in [3.8, 4) is 0 Å². The minimum atomic E-state index is 0.157. The lowest BCUT2D eigenvalue weighted by Crippen LogP contribution is -2.23. The summed E-state index contributed by atoms with van der Waals surface area (Å²) in [5.74, 6) is 0. The molecule has 1 fully saturated rings. The number of nitrogens with zero attached hydrogens (tertiary/aromatic N) is 4. The van der Waals surface area contributed by atoms with E-state index in [9.17, 15) is 0 Å². The van der Waals surface area contributed by atoms with Gasteiger partial charge in [-0.1, -0.05) is 5.11 Å². The van der Waals surface area contributed by atoms with Crippen LogP contribution in [0, 0.1) is 0 Å². The fourth-order valence-electron chi connectivity index (χ4n) is 1.33. The molecule has 1 aliphatic rings. The van der Waals surface area contributed by atoms with E-state index in [4.69, 9.17) is 10.3 Å². The van der Waals surface area contributed by atoms with Crippen molar-refractivity contribution < 1.29 is 4.74 Å². The van der Waals surface area contributed by atoms with Gasteiger partial charge in [0.15, 0.2) is 0 Å². The molecule has 1 rings (SSSR count). The van der Waals surface area contributed by atoms with Gasteiger partial charge in [0.2, 0.25) is 0 Å². The lowest BCUT2D eigenvalue weighted by atomic mass is 10.4. The van der Waals surface area contributed by atoms with E-state index in [0.717, 1.165) is 6.54 Å². The molecule has 0 unspecified atom stereocenters. The van der Waals surface area contributed by atoms with Crippen LogP contribution < -0.4 is 0 Å². The van der Waals surface area contributed by atoms with Crippen LogP contribution in [-0.4, -0.2) is 37.9 Å². The summed E-state index contributed by atoms with van der Waals surface area (Å²) in [5.41, 5.74) is 7.95. The van der Waals surface area contributed by atoms with E-state index in [1.54, 1.807) is 0 Å². The van der Waals surface area contributed by atoms with Crippen molar-refractivity contribution in [1.29, 1.82) is 0 Å². The molecule has 68 valence electrons. The predicted octanol–water partition coefficient (Wildman–Crippen LogP) is 1.37. The van der Waals surface area contributed by atoms with Gasteiger partial charge in [-0.05, 0) is 31.5 Å². The van der Waals surface area contributed by atoms with E-state index >= 15 is 0 Å². The molecular formula is C7H14N4O. The lowest BCUT2D eigenvalue weighted by Gasteiger charge is -2.13. The SMILES string of the molecule is [N-]=[N+]=NCOCCN1CCCC1. The zero-order valence-corrected chi connectivity index (χ0v) is 7.15. The first-order valence-electron chi connectivity index (χ1n) is 4.24. The Balaban J connectivity index is 1.91. The van der Waals surface area contributed by atoms with Crippen LogP contribution in [-0.2, 0) is 4.74 Å². The van der Waals surface area contributed by atoms with Crippen molar-refractivity contribution in [3.05, 3.63) is 10.4 Å². The molecule has 0 radical (unpaired) electrons. The lowest BCUT2D eigenvalue weighted by molar-refractivity contribution is 0.116. The minimum absolute atomic E-state index is 0.157. The van der Waals surface area contributed by atoms with Crippen LogP contribution in [0.25, 0.3) is 10.4 Å². The Morgan fingerprint density at radius 3 is 2.83 bits per heavy atom. The van der Waals surface area contributed by atoms with Crippen molar-refractivity contribution in [3.63, 3.8) is 0 Å². The molecule has 0 atom stereocenters. The number of rotatable bonds is 5. The van der Waals surface area contributed by atoms with Gasteiger partial charge in [-0.15, -0.1) is 0 Å². The summed E-state index contributed by atoms with van der Waals surface area (Å²) in [5, 5.41) is 3.28. The van der Waals surface area contributed by atoms with Gasteiger partial charge in [-0.25, -0.2) is 0 Å². The monoisotopic (exact) mass is 170 g/mol. The molecule has 1 heterocycles. The molecule has 12 heavy (non-hydrogen) atoms. The summed E-state index contributed by atoms with van der Waals surface area (Å²) in [6.45, 7) is 4.15. The highest BCUT2D eigenvalue weighted by Crippen LogP contribution is 2.05. The summed E-state index contributed by atoms with van der Waals surface area (Å²) < 4.78 is 5.07. The molecule has 0 amide bonds. The molecule has 5 nitrogen and oxygen atoms in total. The second kappa shape index (κ2) is 5.83. The first-order chi connectivity index (χ1) is 5.93. The maximum absolute atomic E-state index is 7.95. The maximum atomic E-state index is 7.95. The van der Waals surface area contributed by atoms with E-state index < -0.39 is 0 Å². The summed E-state index contributed by atoms with van der Waals surface area (Å²) in [6, 6.07) is 0. The number of ether oxygens (including phenoxy) is 1. The largest absolute Gasteiger partial charge is 0.374 e. The molecule has 0 saturated carbocycles. The van der Waals surface area contributed by atoms with E-state index in [1.165, 1.54) is 25.9 Å². The van der Waals surface area contributed by atoms with Crippen LogP contribution in [0.5, 0.6) is 0 Å². The molecule has 0 aromatic rings. The molecular weight excluding hydrogens is 156 g/mol. The normalized spacial score (nSPS) is 17.7. The standard InChI is InChI=1S/C7H14N4O/c8-10-9-7-12-6-5-11-3-1-2-4-11/h1-7H2. The molecule has 0 bridgehead atoms. The van der Waals surface area contributed by atoms with Crippen LogP contribution in [0.1, 0.15) is 12.8 Å². The fraction of sp³-hybridized carbons (Fsp3) is 1.00. The first kappa shape index (κ1) is 9.32. The van der Waals surface area contributed by atoms with Crippen LogP contribution in [0.3, 0.4) is 0 Å². The topological polar surface area (TPSA) is 61.2 Å². The number of hydrogen-bond acceptors (Lipinski definition) is 3. The van der Waals surface area contributed by atoms with Crippen molar-refractivity contribution in [2.75, 3.05) is 33.0 Å². The van der Waals surface area contributed by atoms with E-state index in [-0.39, 0.29) is 6.73 Å². The first-order valence-corrected chi connectivity index (χ1v) is 4.24. The van der Waals surface area contributed by atoms with Gasteiger partial charge in [0, 0.05) is 11.5 Å². The van der Waals surface area contributed by atoms with Gasteiger partial charge in [-0.3, -0.25) is 0 Å². The number of hydrogen-bond donors (Lipinski definition) is 0. The molecule has 1 saturated heterocycles. The van der Waals surface area contributed by atoms with Crippen LogP contribution in [0.15, 0.2) is 5.11 Å². The highest BCUT2D eigenvalue weighted by Gasteiger charge is 2.09. The Morgan fingerprint density at radius 2 is 2.17 bits per heavy atom. The van der Waals surface area contributed by atoms with E-state index in [1.807, 2.05) is 0 Å². The fourth-order valence-corrected chi connectivity index (χ4v) is 1.33. The molecule has 0 N–H and O–H groups in total. The van der Waals surface area contributed by atoms with Gasteiger partial charge in [0.25, 0.3) is 0 Å². The molecule has 1 aliphatic heterocycles. The third-order valence-corrected chi connectivity index (χ3v) is 1.96. The quantitative estimate of drug-likeness (QED) is 0.271. The third-order valence-electron chi connectivity index (χ3n) is 1.96. The van der Waals surface area contributed by atoms with Crippen LogP contribution in [0.4, 0.5) is 0 Å². The molecule has 0 spiro atoms. The zero-order chi connectivity index (χ0) is 8.65. The van der Waals surface area contributed by atoms with Gasteiger partial charge in [0.1, 0.15) is 6.73 Å². The average molecular weight is 170 g/mol. The second-order valence-electron chi connectivity index (χ2n) is 2.82. The van der Waals surface area contributed by atoms with Gasteiger partial charge >= 0.3 is 0 Å². The minimum Gasteiger partial charge on any atom is -0.374 e. The number of likely N-dealkylation sites (tertiary alicyclic amines) is 1. The molecule has 0 aromatic heterocycles. The zero-order valence-electron chi connectivity index (χ0n) is 7.15. The second-order valence-corrected chi connectivity index (χ2v) is 2.82. The summed E-state index contributed by atoms with van der Waals surface area (Å²) in [6.07, 6.45) is 2.60. The Bertz CT molecular complexity index is 161. The Hall–Kier alpha value is -0.770. The molecule has 0 aliphatic carbocycles. The van der Waals surface area contributed by atoms with Crippen LogP contribution in [0.2, 0.25) is 0 Å².